The molecule has 1 fully saturated rings. The summed E-state index contributed by atoms with van der Waals surface area (Å²) in [6.45, 7) is 3.42. The van der Waals surface area contributed by atoms with Gasteiger partial charge < -0.3 is 4.90 Å². The van der Waals surface area contributed by atoms with Crippen LogP contribution in [0.5, 0.6) is 0 Å². The maximum atomic E-state index is 13.1. The predicted octanol–water partition coefficient (Wildman–Crippen LogP) is 2.33. The molecule has 1 aromatic heterocycles. The van der Waals surface area contributed by atoms with Gasteiger partial charge in [-0.3, -0.25) is 4.98 Å². The molecule has 2 rings (SSSR count). The van der Waals surface area contributed by atoms with Crippen molar-refractivity contribution in [2.45, 2.75) is 25.9 Å². The lowest BCUT2D eigenvalue weighted by atomic mass is 10.1. The molecule has 1 saturated heterocycles. The molecule has 0 spiro atoms. The van der Waals surface area contributed by atoms with E-state index in [2.05, 4.69) is 9.88 Å². The van der Waals surface area contributed by atoms with Crippen LogP contribution in [0, 0.1) is 6.92 Å². The number of nitrogens with zero attached hydrogens (tertiary/aromatic N) is 2. The number of anilines is 1. The van der Waals surface area contributed by atoms with Crippen LogP contribution in [0.15, 0.2) is 18.3 Å². The van der Waals surface area contributed by atoms with Crippen molar-refractivity contribution in [1.82, 2.24) is 4.98 Å². The fraction of sp³-hybridized carbons (Fsp3) is 0.545. The fourth-order valence-corrected chi connectivity index (χ4v) is 1.81. The Morgan fingerprint density at radius 2 is 2.36 bits per heavy atom. The third-order valence-electron chi connectivity index (χ3n) is 2.62. The third-order valence-corrected chi connectivity index (χ3v) is 2.62. The minimum Gasteiger partial charge on any atom is -0.367 e. The normalized spacial score (nSPS) is 22.4. The van der Waals surface area contributed by atoms with Crippen LogP contribution in [0.25, 0.3) is 0 Å². The Morgan fingerprint density at radius 3 is 3.00 bits per heavy atom. The second-order valence-electron chi connectivity index (χ2n) is 3.84. The van der Waals surface area contributed by atoms with E-state index in [0.29, 0.717) is 13.0 Å². The Bertz CT molecular complexity index is 297. The van der Waals surface area contributed by atoms with Crippen molar-refractivity contribution < 1.29 is 4.39 Å². The summed E-state index contributed by atoms with van der Waals surface area (Å²) < 4.78 is 13.1. The van der Waals surface area contributed by atoms with Gasteiger partial charge in [-0.1, -0.05) is 0 Å². The fourth-order valence-electron chi connectivity index (χ4n) is 1.81. The number of pyridine rings is 1. The number of hydrogen-bond donors (Lipinski definition) is 0. The number of alkyl halides is 1. The molecule has 1 atom stereocenters. The molecule has 3 heteroatoms. The summed E-state index contributed by atoms with van der Waals surface area (Å²) in [6.07, 6.45) is 2.79. The molecule has 76 valence electrons. The van der Waals surface area contributed by atoms with Gasteiger partial charge in [0.1, 0.15) is 6.17 Å². The topological polar surface area (TPSA) is 16.1 Å². The largest absolute Gasteiger partial charge is 0.367 e. The quantitative estimate of drug-likeness (QED) is 0.682. The highest BCUT2D eigenvalue weighted by Crippen LogP contribution is 2.20. The number of piperidine rings is 1. The number of aromatic nitrogens is 1. The summed E-state index contributed by atoms with van der Waals surface area (Å²) in [5.41, 5.74) is 2.04. The van der Waals surface area contributed by atoms with Crippen molar-refractivity contribution in [3.05, 3.63) is 24.0 Å². The molecule has 2 heterocycles. The molecular formula is C11H15FN2. The average molecular weight is 194 g/mol. The predicted molar refractivity (Wildman–Crippen MR) is 55.3 cm³/mol. The van der Waals surface area contributed by atoms with Gasteiger partial charge >= 0.3 is 0 Å². The van der Waals surface area contributed by atoms with Gasteiger partial charge in [-0.05, 0) is 31.9 Å². The Labute approximate surface area is 83.8 Å². The number of aryl methyl sites for hydroxylation is 1. The Kier molecular flexibility index (Phi) is 2.66. The van der Waals surface area contributed by atoms with Crippen LogP contribution in [0.2, 0.25) is 0 Å². The summed E-state index contributed by atoms with van der Waals surface area (Å²) in [5.74, 6) is 0. The van der Waals surface area contributed by atoms with Gasteiger partial charge in [0, 0.05) is 18.8 Å². The van der Waals surface area contributed by atoms with Gasteiger partial charge in [-0.25, -0.2) is 4.39 Å². The van der Waals surface area contributed by atoms with Gasteiger partial charge in [-0.2, -0.15) is 0 Å². The minimum atomic E-state index is -0.676. The summed E-state index contributed by atoms with van der Waals surface area (Å²) >= 11 is 0. The summed E-state index contributed by atoms with van der Waals surface area (Å²) in [7, 11) is 0. The van der Waals surface area contributed by atoms with E-state index in [4.69, 9.17) is 0 Å². The van der Waals surface area contributed by atoms with Gasteiger partial charge in [0.15, 0.2) is 0 Å². The monoisotopic (exact) mass is 194 g/mol. The molecular weight excluding hydrogens is 179 g/mol. The second kappa shape index (κ2) is 3.95. The third kappa shape index (κ3) is 2.03. The van der Waals surface area contributed by atoms with Crippen molar-refractivity contribution in [2.24, 2.45) is 0 Å². The molecule has 0 saturated carbocycles. The van der Waals surface area contributed by atoms with E-state index in [1.165, 1.54) is 0 Å². The molecule has 1 aromatic rings. The summed E-state index contributed by atoms with van der Waals surface area (Å²) in [6, 6.07) is 3.98. The molecule has 0 unspecified atom stereocenters. The van der Waals surface area contributed by atoms with Crippen LogP contribution in [0.1, 0.15) is 18.5 Å². The molecule has 2 nitrogen and oxygen atoms in total. The zero-order valence-corrected chi connectivity index (χ0v) is 8.41. The number of hydrogen-bond acceptors (Lipinski definition) is 2. The second-order valence-corrected chi connectivity index (χ2v) is 3.84. The first-order valence-corrected chi connectivity index (χ1v) is 5.07. The van der Waals surface area contributed by atoms with Crippen molar-refractivity contribution in [3.8, 4) is 0 Å². The number of halogens is 1. The van der Waals surface area contributed by atoms with Crippen LogP contribution < -0.4 is 4.90 Å². The zero-order chi connectivity index (χ0) is 9.97. The highest BCUT2D eigenvalue weighted by atomic mass is 19.1. The first kappa shape index (κ1) is 9.44. The van der Waals surface area contributed by atoms with Crippen LogP contribution in [-0.4, -0.2) is 24.2 Å². The smallest absolute Gasteiger partial charge is 0.118 e. The molecule has 0 N–H and O–H groups in total. The average Bonchev–Trinajstić information content (AvgIpc) is 2.19. The van der Waals surface area contributed by atoms with Crippen LogP contribution in [0.4, 0.5) is 10.1 Å². The van der Waals surface area contributed by atoms with E-state index in [1.54, 1.807) is 0 Å². The van der Waals surface area contributed by atoms with Gasteiger partial charge in [0.05, 0.1) is 11.9 Å². The number of rotatable bonds is 1. The molecule has 0 bridgehead atoms. The van der Waals surface area contributed by atoms with Crippen LogP contribution in [-0.2, 0) is 0 Å². The Hall–Kier alpha value is -1.12. The maximum Gasteiger partial charge on any atom is 0.118 e. The van der Waals surface area contributed by atoms with Gasteiger partial charge in [0.25, 0.3) is 0 Å². The maximum absolute atomic E-state index is 13.1. The lowest BCUT2D eigenvalue weighted by Crippen LogP contribution is -2.36. The van der Waals surface area contributed by atoms with Crippen molar-refractivity contribution >= 4 is 5.69 Å². The summed E-state index contributed by atoms with van der Waals surface area (Å²) in [5, 5.41) is 0. The van der Waals surface area contributed by atoms with E-state index in [9.17, 15) is 4.39 Å². The Morgan fingerprint density at radius 1 is 1.50 bits per heavy atom. The molecule has 0 aliphatic carbocycles. The molecule has 0 amide bonds. The first-order valence-electron chi connectivity index (χ1n) is 5.07. The van der Waals surface area contributed by atoms with E-state index >= 15 is 0 Å². The first-order chi connectivity index (χ1) is 6.75. The molecule has 1 aliphatic rings. The van der Waals surface area contributed by atoms with Crippen molar-refractivity contribution in [1.29, 1.82) is 0 Å². The van der Waals surface area contributed by atoms with Crippen LogP contribution in [0.3, 0.4) is 0 Å². The lowest BCUT2D eigenvalue weighted by molar-refractivity contribution is 0.287. The Balaban J connectivity index is 2.10. The zero-order valence-electron chi connectivity index (χ0n) is 8.41. The SMILES string of the molecule is Cc1ccc(N2CCC[C@H](F)C2)cn1. The standard InChI is InChI=1S/C11H15FN2/c1-9-4-5-11(7-13-9)14-6-2-3-10(12)8-14/h4-5,7,10H,2-3,6,8H2,1H3/t10-/m0/s1. The van der Waals surface area contributed by atoms with E-state index in [0.717, 1.165) is 24.3 Å². The van der Waals surface area contributed by atoms with Gasteiger partial charge in [0.2, 0.25) is 0 Å². The highest BCUT2D eigenvalue weighted by Gasteiger charge is 2.19. The molecule has 0 aromatic carbocycles. The van der Waals surface area contributed by atoms with E-state index in [1.807, 2.05) is 25.3 Å². The minimum absolute atomic E-state index is 0.519. The molecule has 0 radical (unpaired) electrons. The van der Waals surface area contributed by atoms with Crippen molar-refractivity contribution in [3.63, 3.8) is 0 Å². The summed E-state index contributed by atoms with van der Waals surface area (Å²) in [4.78, 5) is 6.29. The van der Waals surface area contributed by atoms with E-state index in [-0.39, 0.29) is 0 Å². The van der Waals surface area contributed by atoms with Crippen LogP contribution >= 0.6 is 0 Å². The lowest BCUT2D eigenvalue weighted by Gasteiger charge is -2.30. The van der Waals surface area contributed by atoms with Crippen molar-refractivity contribution in [2.75, 3.05) is 18.0 Å². The highest BCUT2D eigenvalue weighted by molar-refractivity contribution is 5.45. The molecule has 14 heavy (non-hydrogen) atoms. The van der Waals surface area contributed by atoms with Gasteiger partial charge in [-0.15, -0.1) is 0 Å². The molecule has 1 aliphatic heterocycles. The van der Waals surface area contributed by atoms with E-state index < -0.39 is 6.17 Å².